The van der Waals surface area contributed by atoms with Crippen molar-refractivity contribution < 1.29 is 4.79 Å². The molecule has 4 nitrogen and oxygen atoms in total. The van der Waals surface area contributed by atoms with Crippen LogP contribution in [0.1, 0.15) is 33.1 Å². The number of nitrogens with zero attached hydrogens (tertiary/aromatic N) is 1. The third-order valence-electron chi connectivity index (χ3n) is 3.04. The molecule has 2 rings (SSSR count). The molecule has 0 saturated carbocycles. The molecule has 102 valence electrons. The summed E-state index contributed by atoms with van der Waals surface area (Å²) in [7, 11) is 0. The fourth-order valence-electron chi connectivity index (χ4n) is 1.96. The highest BCUT2D eigenvalue weighted by molar-refractivity contribution is 7.14. The molecule has 0 fully saturated rings. The van der Waals surface area contributed by atoms with Crippen molar-refractivity contribution >= 4 is 27.6 Å². The minimum absolute atomic E-state index is 0.0876. The molecule has 1 heterocycles. The Kier molecular flexibility index (Phi) is 4.37. The number of hydrogen-bond donors (Lipinski definition) is 1. The Morgan fingerprint density at radius 2 is 2.16 bits per heavy atom. The minimum Gasteiger partial charge on any atom is -0.334 e. The van der Waals surface area contributed by atoms with Crippen LogP contribution < -0.4 is 10.9 Å². The summed E-state index contributed by atoms with van der Waals surface area (Å²) < 4.78 is 2.04. The van der Waals surface area contributed by atoms with Crippen molar-refractivity contribution in [2.24, 2.45) is 0 Å². The number of amides is 1. The molecule has 0 aliphatic rings. The van der Waals surface area contributed by atoms with E-state index in [4.69, 9.17) is 0 Å². The zero-order valence-corrected chi connectivity index (χ0v) is 12.0. The predicted molar refractivity (Wildman–Crippen MR) is 79.0 cm³/mol. The molecular weight excluding hydrogens is 260 g/mol. The number of fused-ring (bicyclic) bond motifs is 1. The molecular formula is C14H18N2O2S. The molecule has 2 aromatic rings. The van der Waals surface area contributed by atoms with Gasteiger partial charge in [-0.3, -0.25) is 4.79 Å². The molecule has 0 saturated heterocycles. The maximum Gasteiger partial charge on any atom is 0.338 e. The second-order valence-corrected chi connectivity index (χ2v) is 5.67. The largest absolute Gasteiger partial charge is 0.338 e. The van der Waals surface area contributed by atoms with Gasteiger partial charge in [0.2, 0.25) is 0 Å². The summed E-state index contributed by atoms with van der Waals surface area (Å²) in [6.07, 6.45) is 3.10. The Balaban J connectivity index is 2.18. The van der Waals surface area contributed by atoms with Crippen LogP contribution in [0.25, 0.3) is 10.1 Å². The van der Waals surface area contributed by atoms with E-state index < -0.39 is 0 Å². The van der Waals surface area contributed by atoms with Gasteiger partial charge in [0.1, 0.15) is 0 Å². The number of hydrogen-bond acceptors (Lipinski definition) is 3. The third-order valence-corrected chi connectivity index (χ3v) is 4.10. The summed E-state index contributed by atoms with van der Waals surface area (Å²) in [4.78, 5) is 24.1. The van der Waals surface area contributed by atoms with Crippen molar-refractivity contribution in [3.8, 4) is 0 Å². The second-order valence-electron chi connectivity index (χ2n) is 4.68. The molecule has 1 N–H and O–H groups in total. The molecule has 0 spiro atoms. The van der Waals surface area contributed by atoms with Crippen molar-refractivity contribution in [1.29, 1.82) is 0 Å². The van der Waals surface area contributed by atoms with E-state index in [1.54, 1.807) is 6.07 Å². The summed E-state index contributed by atoms with van der Waals surface area (Å²) in [5, 5.41) is 3.47. The van der Waals surface area contributed by atoms with Crippen LogP contribution in [0.3, 0.4) is 0 Å². The highest BCUT2D eigenvalue weighted by Gasteiger charge is 2.15. The van der Waals surface area contributed by atoms with Crippen molar-refractivity contribution in [1.82, 2.24) is 9.27 Å². The Labute approximate surface area is 116 Å². The van der Waals surface area contributed by atoms with Crippen LogP contribution in [0.15, 0.2) is 29.1 Å². The van der Waals surface area contributed by atoms with Gasteiger partial charge in [-0.05, 0) is 37.0 Å². The van der Waals surface area contributed by atoms with Crippen LogP contribution in [-0.2, 0) is 0 Å². The standard InChI is InChI=1S/C14H18N2O2S/c1-3-4-7-10(2)15-14(18)16-13(17)11-8-5-6-9-12(11)19-16/h5-6,8-10H,3-4,7H2,1-2H3,(H,15,18). The van der Waals surface area contributed by atoms with Crippen LogP contribution in [0, 0.1) is 0 Å². The number of aromatic nitrogens is 1. The van der Waals surface area contributed by atoms with E-state index >= 15 is 0 Å². The number of carbonyl (C=O) groups excluding carboxylic acids is 1. The molecule has 1 aromatic carbocycles. The van der Waals surface area contributed by atoms with E-state index in [-0.39, 0.29) is 17.6 Å². The Hall–Kier alpha value is -1.62. The lowest BCUT2D eigenvalue weighted by Gasteiger charge is -2.12. The first-order valence-corrected chi connectivity index (χ1v) is 7.32. The molecule has 0 bridgehead atoms. The van der Waals surface area contributed by atoms with Crippen LogP contribution in [-0.4, -0.2) is 16.0 Å². The lowest BCUT2D eigenvalue weighted by Crippen LogP contribution is -2.38. The maximum atomic E-state index is 12.1. The van der Waals surface area contributed by atoms with Crippen LogP contribution in [0.5, 0.6) is 0 Å². The van der Waals surface area contributed by atoms with Gasteiger partial charge in [-0.25, -0.2) is 4.79 Å². The first kappa shape index (κ1) is 13.8. The average molecular weight is 278 g/mol. The molecule has 1 aromatic heterocycles. The van der Waals surface area contributed by atoms with Gasteiger partial charge in [-0.1, -0.05) is 31.9 Å². The normalized spacial score (nSPS) is 12.5. The maximum absolute atomic E-state index is 12.1. The summed E-state index contributed by atoms with van der Waals surface area (Å²) >= 11 is 1.19. The molecule has 5 heteroatoms. The number of unbranched alkanes of at least 4 members (excludes halogenated alkanes) is 1. The van der Waals surface area contributed by atoms with Crippen molar-refractivity contribution in [3.63, 3.8) is 0 Å². The number of carbonyl (C=O) groups is 1. The quantitative estimate of drug-likeness (QED) is 0.933. The van der Waals surface area contributed by atoms with E-state index in [0.717, 1.165) is 24.0 Å². The van der Waals surface area contributed by atoms with Gasteiger partial charge in [0.05, 0.1) is 10.1 Å². The summed E-state index contributed by atoms with van der Waals surface area (Å²) in [6.45, 7) is 4.08. The molecule has 0 radical (unpaired) electrons. The van der Waals surface area contributed by atoms with E-state index in [2.05, 4.69) is 12.2 Å². The number of rotatable bonds is 4. The van der Waals surface area contributed by atoms with Gasteiger partial charge >= 0.3 is 6.03 Å². The van der Waals surface area contributed by atoms with Crippen molar-refractivity contribution in [2.45, 2.75) is 39.2 Å². The Morgan fingerprint density at radius 3 is 2.84 bits per heavy atom. The Morgan fingerprint density at radius 1 is 1.42 bits per heavy atom. The second kappa shape index (κ2) is 6.02. The fourth-order valence-corrected chi connectivity index (χ4v) is 2.86. The molecule has 0 aliphatic heterocycles. The van der Waals surface area contributed by atoms with Crippen LogP contribution in [0.2, 0.25) is 0 Å². The van der Waals surface area contributed by atoms with Crippen molar-refractivity contribution in [2.75, 3.05) is 0 Å². The highest BCUT2D eigenvalue weighted by Crippen LogP contribution is 2.15. The summed E-state index contributed by atoms with van der Waals surface area (Å²) in [6, 6.07) is 7.04. The van der Waals surface area contributed by atoms with Crippen LogP contribution >= 0.6 is 11.5 Å². The van der Waals surface area contributed by atoms with Gasteiger partial charge in [-0.2, -0.15) is 3.96 Å². The fraction of sp³-hybridized carbons (Fsp3) is 0.429. The lowest BCUT2D eigenvalue weighted by atomic mass is 10.1. The Bertz CT molecular complexity index is 630. The van der Waals surface area contributed by atoms with Crippen LogP contribution in [0.4, 0.5) is 4.79 Å². The molecule has 19 heavy (non-hydrogen) atoms. The van der Waals surface area contributed by atoms with Crippen molar-refractivity contribution in [3.05, 3.63) is 34.6 Å². The number of nitrogens with one attached hydrogen (secondary N) is 1. The lowest BCUT2D eigenvalue weighted by molar-refractivity contribution is 0.240. The van der Waals surface area contributed by atoms with Gasteiger partial charge in [-0.15, -0.1) is 0 Å². The zero-order chi connectivity index (χ0) is 13.8. The first-order valence-electron chi connectivity index (χ1n) is 6.55. The molecule has 0 aliphatic carbocycles. The topological polar surface area (TPSA) is 51.1 Å². The van der Waals surface area contributed by atoms with Gasteiger partial charge in [0.15, 0.2) is 0 Å². The number of benzene rings is 1. The first-order chi connectivity index (χ1) is 9.13. The smallest absolute Gasteiger partial charge is 0.334 e. The van der Waals surface area contributed by atoms with Gasteiger partial charge in [0, 0.05) is 6.04 Å². The van der Waals surface area contributed by atoms with E-state index in [1.165, 1.54) is 15.5 Å². The monoisotopic (exact) mass is 278 g/mol. The molecule has 1 unspecified atom stereocenters. The zero-order valence-electron chi connectivity index (χ0n) is 11.2. The van der Waals surface area contributed by atoms with E-state index in [9.17, 15) is 9.59 Å². The summed E-state index contributed by atoms with van der Waals surface area (Å²) in [5.74, 6) is 0. The van der Waals surface area contributed by atoms with E-state index in [0.29, 0.717) is 5.39 Å². The molecule has 1 atom stereocenters. The molecule has 1 amide bonds. The highest BCUT2D eigenvalue weighted by atomic mass is 32.1. The predicted octanol–water partition coefficient (Wildman–Crippen LogP) is 3.20. The van der Waals surface area contributed by atoms with Gasteiger partial charge in [0.25, 0.3) is 5.56 Å². The van der Waals surface area contributed by atoms with E-state index in [1.807, 2.05) is 25.1 Å². The minimum atomic E-state index is -0.324. The van der Waals surface area contributed by atoms with Gasteiger partial charge < -0.3 is 5.32 Å². The SMILES string of the molecule is CCCCC(C)NC(=O)n1sc2ccccc2c1=O. The average Bonchev–Trinajstić information content (AvgIpc) is 2.74. The third kappa shape index (κ3) is 3.04. The summed E-state index contributed by atoms with van der Waals surface area (Å²) in [5.41, 5.74) is -0.235.